The third kappa shape index (κ3) is 6.37. The fraction of sp³-hybridized carbons (Fsp3) is 0.312. The number of nitrogens with one attached hydrogen (secondary N) is 1. The van der Waals surface area contributed by atoms with Crippen molar-refractivity contribution in [3.63, 3.8) is 0 Å². The fourth-order valence-electron chi connectivity index (χ4n) is 5.53. The Balaban J connectivity index is 1.10. The Bertz CT molecular complexity index is 1290. The number of nitrogens with zero attached hydrogens (tertiary/aromatic N) is 3. The number of para-hydroxylation sites is 2. The lowest BCUT2D eigenvalue weighted by atomic mass is 9.85. The van der Waals surface area contributed by atoms with Gasteiger partial charge in [0.1, 0.15) is 5.54 Å². The summed E-state index contributed by atoms with van der Waals surface area (Å²) in [6.07, 6.45) is 6.15. The zero-order valence-electron chi connectivity index (χ0n) is 22.5. The Labute approximate surface area is 235 Å². The van der Waals surface area contributed by atoms with Crippen molar-refractivity contribution in [2.45, 2.75) is 29.7 Å². The molecule has 2 aliphatic heterocycles. The van der Waals surface area contributed by atoms with Gasteiger partial charge >= 0.3 is 0 Å². The largest absolute Gasteiger partial charge is 0.339 e. The molecule has 3 aromatic carbocycles. The average molecular weight is 541 g/mol. The summed E-state index contributed by atoms with van der Waals surface area (Å²) in [7, 11) is 1.91. The summed E-state index contributed by atoms with van der Waals surface area (Å²) in [5.41, 5.74) is 2.54. The summed E-state index contributed by atoms with van der Waals surface area (Å²) in [6, 6.07) is 28.1. The standard InChI is InChI=1S/C32H36N4O2S/c1-34-25-36(27-13-6-3-7-14-27)32(31(34)38)19-22-35(23-20-32)21-10-24-39-29-16-9-8-15-28(29)33-30(37)18-17-26-11-4-2-5-12-26/h2-9,11-18H,10,19-25H2,1H3,(H,33,37)/b18-17-. The number of thioether (sulfide) groups is 1. The van der Waals surface area contributed by atoms with Gasteiger partial charge in [0.25, 0.3) is 0 Å². The topological polar surface area (TPSA) is 55.9 Å². The van der Waals surface area contributed by atoms with Crippen LogP contribution in [0, 0.1) is 0 Å². The van der Waals surface area contributed by atoms with E-state index >= 15 is 0 Å². The van der Waals surface area contributed by atoms with Gasteiger partial charge in [0, 0.05) is 36.8 Å². The molecule has 0 aliphatic carbocycles. The van der Waals surface area contributed by atoms with Gasteiger partial charge in [-0.25, -0.2) is 0 Å². The van der Waals surface area contributed by atoms with Gasteiger partial charge in [-0.05, 0) is 67.5 Å². The lowest BCUT2D eigenvalue weighted by Gasteiger charge is -2.43. The Hall–Kier alpha value is -3.55. The van der Waals surface area contributed by atoms with E-state index in [0.717, 1.165) is 66.5 Å². The molecular formula is C32H36N4O2S. The molecule has 0 atom stereocenters. The van der Waals surface area contributed by atoms with Gasteiger partial charge in [-0.1, -0.05) is 60.7 Å². The van der Waals surface area contributed by atoms with Crippen molar-refractivity contribution in [1.29, 1.82) is 0 Å². The van der Waals surface area contributed by atoms with Gasteiger partial charge in [0.05, 0.1) is 12.4 Å². The summed E-state index contributed by atoms with van der Waals surface area (Å²) in [6.45, 7) is 3.51. The maximum atomic E-state index is 13.2. The highest BCUT2D eigenvalue weighted by Gasteiger charge is 2.52. The maximum absolute atomic E-state index is 13.2. The van der Waals surface area contributed by atoms with Gasteiger partial charge < -0.3 is 20.0 Å². The van der Waals surface area contributed by atoms with E-state index in [2.05, 4.69) is 33.3 Å². The fourth-order valence-corrected chi connectivity index (χ4v) is 6.47. The molecule has 1 N–H and O–H groups in total. The maximum Gasteiger partial charge on any atom is 0.249 e. The summed E-state index contributed by atoms with van der Waals surface area (Å²) in [5, 5.41) is 3.03. The second kappa shape index (κ2) is 12.5. The van der Waals surface area contributed by atoms with Crippen LogP contribution >= 0.6 is 11.8 Å². The highest BCUT2D eigenvalue weighted by atomic mass is 32.2. The van der Waals surface area contributed by atoms with E-state index < -0.39 is 5.54 Å². The minimum Gasteiger partial charge on any atom is -0.339 e. The van der Waals surface area contributed by atoms with Gasteiger partial charge in [0.2, 0.25) is 11.8 Å². The quantitative estimate of drug-likeness (QED) is 0.218. The molecule has 2 saturated heterocycles. The first-order valence-electron chi connectivity index (χ1n) is 13.6. The molecule has 2 heterocycles. The molecular weight excluding hydrogens is 504 g/mol. The lowest BCUT2D eigenvalue weighted by molar-refractivity contribution is -0.132. The number of piperidine rings is 1. The summed E-state index contributed by atoms with van der Waals surface area (Å²) in [4.78, 5) is 33.5. The summed E-state index contributed by atoms with van der Waals surface area (Å²) >= 11 is 1.77. The molecule has 0 aromatic heterocycles. The van der Waals surface area contributed by atoms with Crippen LogP contribution in [0.15, 0.2) is 95.9 Å². The van der Waals surface area contributed by atoms with E-state index in [1.165, 1.54) is 0 Å². The van der Waals surface area contributed by atoms with E-state index in [0.29, 0.717) is 6.67 Å². The first-order chi connectivity index (χ1) is 19.0. The molecule has 2 fully saturated rings. The molecule has 1 spiro atoms. The number of amides is 2. The zero-order valence-corrected chi connectivity index (χ0v) is 23.3. The van der Waals surface area contributed by atoms with Crippen LogP contribution < -0.4 is 10.2 Å². The van der Waals surface area contributed by atoms with Crippen molar-refractivity contribution in [3.05, 3.63) is 96.6 Å². The predicted octanol–water partition coefficient (Wildman–Crippen LogP) is 5.59. The Morgan fingerprint density at radius 2 is 1.62 bits per heavy atom. The van der Waals surface area contributed by atoms with Gasteiger partial charge in [-0.3, -0.25) is 9.59 Å². The van der Waals surface area contributed by atoms with Crippen LogP contribution in [0.2, 0.25) is 0 Å². The first-order valence-corrected chi connectivity index (χ1v) is 14.6. The molecule has 39 heavy (non-hydrogen) atoms. The normalized spacial score (nSPS) is 17.3. The van der Waals surface area contributed by atoms with E-state index in [4.69, 9.17) is 0 Å². The second-order valence-corrected chi connectivity index (χ2v) is 11.3. The predicted molar refractivity (Wildman–Crippen MR) is 161 cm³/mol. The summed E-state index contributed by atoms with van der Waals surface area (Å²) in [5.74, 6) is 1.08. The van der Waals surface area contributed by atoms with Crippen LogP contribution in [0.1, 0.15) is 24.8 Å². The van der Waals surface area contributed by atoms with Crippen molar-refractivity contribution in [3.8, 4) is 0 Å². The smallest absolute Gasteiger partial charge is 0.249 e. The van der Waals surface area contributed by atoms with Crippen LogP contribution in [-0.4, -0.2) is 66.3 Å². The third-order valence-electron chi connectivity index (χ3n) is 7.61. The van der Waals surface area contributed by atoms with Gasteiger partial charge in [-0.2, -0.15) is 0 Å². The van der Waals surface area contributed by atoms with Crippen molar-refractivity contribution < 1.29 is 9.59 Å². The van der Waals surface area contributed by atoms with Gasteiger partial charge in [-0.15, -0.1) is 11.8 Å². The van der Waals surface area contributed by atoms with E-state index in [-0.39, 0.29) is 11.8 Å². The Morgan fingerprint density at radius 1 is 0.949 bits per heavy atom. The van der Waals surface area contributed by atoms with Crippen LogP contribution in [0.5, 0.6) is 0 Å². The molecule has 6 nitrogen and oxygen atoms in total. The molecule has 202 valence electrons. The molecule has 2 amide bonds. The number of likely N-dealkylation sites (N-methyl/N-ethyl adjacent to an activating group) is 1. The van der Waals surface area contributed by atoms with E-state index in [1.54, 1.807) is 17.8 Å². The van der Waals surface area contributed by atoms with Crippen molar-refractivity contribution in [1.82, 2.24) is 9.80 Å². The minimum atomic E-state index is -0.423. The number of anilines is 2. The van der Waals surface area contributed by atoms with Gasteiger partial charge in [0.15, 0.2) is 0 Å². The number of hydrogen-bond donors (Lipinski definition) is 1. The number of carbonyl (C=O) groups excluding carboxylic acids is 2. The molecule has 0 saturated carbocycles. The number of hydrogen-bond acceptors (Lipinski definition) is 5. The Morgan fingerprint density at radius 3 is 2.36 bits per heavy atom. The lowest BCUT2D eigenvalue weighted by Crippen LogP contribution is -2.56. The second-order valence-electron chi connectivity index (χ2n) is 10.2. The molecule has 7 heteroatoms. The SMILES string of the molecule is CN1CN(c2ccccc2)C2(CCN(CCCSc3ccccc3NC(=O)/C=C\c3ccccc3)CC2)C1=O. The Kier molecular flexibility index (Phi) is 8.69. The molecule has 0 radical (unpaired) electrons. The third-order valence-corrected chi connectivity index (χ3v) is 8.77. The van der Waals surface area contributed by atoms with E-state index in [1.807, 2.05) is 84.8 Å². The van der Waals surface area contributed by atoms with Crippen LogP contribution in [0.25, 0.3) is 6.08 Å². The first kappa shape index (κ1) is 27.0. The van der Waals surface area contributed by atoms with E-state index in [9.17, 15) is 9.59 Å². The molecule has 0 unspecified atom stereocenters. The number of likely N-dealkylation sites (tertiary alicyclic amines) is 1. The monoisotopic (exact) mass is 540 g/mol. The highest BCUT2D eigenvalue weighted by molar-refractivity contribution is 7.99. The van der Waals surface area contributed by atoms with Crippen molar-refractivity contribution in [2.24, 2.45) is 0 Å². The highest BCUT2D eigenvalue weighted by Crippen LogP contribution is 2.39. The molecule has 5 rings (SSSR count). The zero-order chi connectivity index (χ0) is 27.1. The molecule has 2 aliphatic rings. The number of rotatable bonds is 9. The van der Waals surface area contributed by atoms with Crippen LogP contribution in [-0.2, 0) is 9.59 Å². The average Bonchev–Trinajstić information content (AvgIpc) is 3.22. The van der Waals surface area contributed by atoms with Crippen molar-refractivity contribution >= 4 is 41.0 Å². The molecule has 3 aromatic rings. The number of carbonyl (C=O) groups is 2. The minimum absolute atomic E-state index is 0.134. The number of benzene rings is 3. The molecule has 0 bridgehead atoms. The van der Waals surface area contributed by atoms with Crippen LogP contribution in [0.4, 0.5) is 11.4 Å². The van der Waals surface area contributed by atoms with Crippen LogP contribution in [0.3, 0.4) is 0 Å². The summed E-state index contributed by atoms with van der Waals surface area (Å²) < 4.78 is 0. The van der Waals surface area contributed by atoms with Crippen molar-refractivity contribution in [2.75, 3.05) is 49.3 Å².